The SMILES string of the molecule is O=C(CCC(F)(F)F)NNc1cc(C2=NO[C@](c3cc(Cl)c(Cl)c(Cl)c3)(C(F)(F)F)C2)ccc1Cl. The number of hydrazine groups is 1. The zero-order chi connectivity index (χ0) is 26.2. The van der Waals surface area contributed by atoms with Crippen LogP contribution in [0.1, 0.15) is 30.4 Å². The van der Waals surface area contributed by atoms with Crippen molar-refractivity contribution in [2.24, 2.45) is 5.16 Å². The lowest BCUT2D eigenvalue weighted by molar-refractivity contribution is -0.275. The number of carbonyl (C=O) groups excluding carboxylic acids is 1. The van der Waals surface area contributed by atoms with Crippen molar-refractivity contribution in [3.8, 4) is 0 Å². The summed E-state index contributed by atoms with van der Waals surface area (Å²) in [5, 5.41) is 3.08. The molecule has 1 atom stereocenters. The Hall–Kier alpha value is -2.08. The molecule has 0 aromatic heterocycles. The number of nitrogens with zero attached hydrogens (tertiary/aromatic N) is 1. The summed E-state index contributed by atoms with van der Waals surface area (Å²) in [5.74, 6) is -0.974. The van der Waals surface area contributed by atoms with Gasteiger partial charge in [0.05, 0.1) is 37.9 Å². The van der Waals surface area contributed by atoms with Gasteiger partial charge in [0.2, 0.25) is 5.91 Å². The van der Waals surface area contributed by atoms with Gasteiger partial charge in [-0.1, -0.05) is 57.6 Å². The number of hydrogen-bond acceptors (Lipinski definition) is 4. The number of nitrogens with one attached hydrogen (secondary N) is 2. The summed E-state index contributed by atoms with van der Waals surface area (Å²) in [6, 6.07) is 5.87. The van der Waals surface area contributed by atoms with E-state index in [1.165, 1.54) is 18.2 Å². The number of oxime groups is 1. The summed E-state index contributed by atoms with van der Waals surface area (Å²) in [5.41, 5.74) is 1.07. The molecule has 0 unspecified atom stereocenters. The van der Waals surface area contributed by atoms with E-state index in [9.17, 15) is 31.1 Å². The van der Waals surface area contributed by atoms with E-state index < -0.39 is 48.7 Å². The number of benzene rings is 2. The fourth-order valence-electron chi connectivity index (χ4n) is 3.10. The van der Waals surface area contributed by atoms with Crippen molar-refractivity contribution in [3.63, 3.8) is 0 Å². The largest absolute Gasteiger partial charge is 0.435 e. The summed E-state index contributed by atoms with van der Waals surface area (Å²) in [7, 11) is 0. The number of alkyl halides is 6. The van der Waals surface area contributed by atoms with Gasteiger partial charge in [-0.2, -0.15) is 26.3 Å². The minimum absolute atomic E-state index is 0.00863. The number of carbonyl (C=O) groups is 1. The number of amides is 1. The normalized spacial score (nSPS) is 18.2. The Balaban J connectivity index is 1.83. The summed E-state index contributed by atoms with van der Waals surface area (Å²) in [4.78, 5) is 16.5. The second-order valence-electron chi connectivity index (χ2n) is 7.37. The van der Waals surface area contributed by atoms with Crippen molar-refractivity contribution in [2.45, 2.75) is 37.2 Å². The number of rotatable bonds is 6. The fourth-order valence-corrected chi connectivity index (χ4v) is 3.86. The minimum atomic E-state index is -4.95. The molecule has 5 nitrogen and oxygen atoms in total. The number of anilines is 1. The van der Waals surface area contributed by atoms with E-state index in [1.807, 2.05) is 5.43 Å². The molecular weight excluding hydrogens is 570 g/mol. The standard InChI is InChI=1S/C20H13Cl4F6N3O2/c21-11-2-1-9(5-14(11)31-32-16(34)3-4-19(25,26)27)15-8-18(35-33-15,20(28,29)30)10-6-12(22)17(24)13(23)7-10/h1-2,5-7,31H,3-4,8H2,(H,32,34)/t18-/m1/s1. The monoisotopic (exact) mass is 581 g/mol. The first-order valence-electron chi connectivity index (χ1n) is 9.51. The van der Waals surface area contributed by atoms with Crippen LogP contribution in [0, 0.1) is 0 Å². The Morgan fingerprint density at radius 3 is 2.20 bits per heavy atom. The van der Waals surface area contributed by atoms with E-state index in [1.54, 1.807) is 0 Å². The molecule has 0 saturated carbocycles. The lowest BCUT2D eigenvalue weighted by Gasteiger charge is -2.30. The van der Waals surface area contributed by atoms with Gasteiger partial charge < -0.3 is 4.84 Å². The molecule has 1 amide bonds. The van der Waals surface area contributed by atoms with Crippen LogP contribution in [0.3, 0.4) is 0 Å². The second kappa shape index (κ2) is 10.1. The maximum atomic E-state index is 14.2. The smallest absolute Gasteiger partial charge is 0.374 e. The average Bonchev–Trinajstić information content (AvgIpc) is 3.21. The topological polar surface area (TPSA) is 62.7 Å². The molecule has 1 heterocycles. The Morgan fingerprint density at radius 2 is 1.63 bits per heavy atom. The molecule has 0 fully saturated rings. The maximum absolute atomic E-state index is 14.2. The third-order valence-corrected chi connectivity index (χ3v) is 6.43. The van der Waals surface area contributed by atoms with Gasteiger partial charge in [-0.05, 0) is 24.3 Å². The van der Waals surface area contributed by atoms with Crippen LogP contribution >= 0.6 is 46.4 Å². The molecule has 0 spiro atoms. The van der Waals surface area contributed by atoms with E-state index in [0.29, 0.717) is 0 Å². The second-order valence-corrected chi connectivity index (χ2v) is 8.97. The van der Waals surface area contributed by atoms with Crippen LogP contribution in [0.4, 0.5) is 32.0 Å². The van der Waals surface area contributed by atoms with Crippen LogP contribution in [0.2, 0.25) is 20.1 Å². The maximum Gasteiger partial charge on any atom is 0.435 e. The van der Waals surface area contributed by atoms with Crippen molar-refractivity contribution in [1.29, 1.82) is 0 Å². The van der Waals surface area contributed by atoms with Crippen LogP contribution in [0.15, 0.2) is 35.5 Å². The predicted octanol–water partition coefficient (Wildman–Crippen LogP) is 7.67. The molecule has 0 radical (unpaired) electrons. The highest BCUT2D eigenvalue weighted by Gasteiger charge is 2.62. The summed E-state index contributed by atoms with van der Waals surface area (Å²) < 4.78 is 79.3. The molecule has 2 N–H and O–H groups in total. The Bertz CT molecular complexity index is 1150. The Labute approximate surface area is 214 Å². The van der Waals surface area contributed by atoms with Gasteiger partial charge >= 0.3 is 12.4 Å². The van der Waals surface area contributed by atoms with Crippen LogP contribution in [0.25, 0.3) is 0 Å². The van der Waals surface area contributed by atoms with E-state index in [0.717, 1.165) is 12.1 Å². The number of halogens is 10. The molecular formula is C20H13Cl4F6N3O2. The summed E-state index contributed by atoms with van der Waals surface area (Å²) >= 11 is 23.7. The van der Waals surface area contributed by atoms with Crippen molar-refractivity contribution < 1.29 is 36.0 Å². The van der Waals surface area contributed by atoms with E-state index in [2.05, 4.69) is 10.6 Å². The van der Waals surface area contributed by atoms with Gasteiger partial charge in [-0.25, -0.2) is 0 Å². The fraction of sp³-hybridized carbons (Fsp3) is 0.300. The Morgan fingerprint density at radius 1 is 1.00 bits per heavy atom. The zero-order valence-corrected chi connectivity index (χ0v) is 20.1. The average molecular weight is 583 g/mol. The molecule has 35 heavy (non-hydrogen) atoms. The molecule has 1 aliphatic heterocycles. The van der Waals surface area contributed by atoms with Gasteiger partial charge in [0.15, 0.2) is 0 Å². The molecule has 15 heteroatoms. The summed E-state index contributed by atoms with van der Waals surface area (Å²) in [6.45, 7) is 0. The van der Waals surface area contributed by atoms with Gasteiger partial charge in [0.25, 0.3) is 5.60 Å². The molecule has 0 saturated heterocycles. The van der Waals surface area contributed by atoms with Crippen LogP contribution in [-0.2, 0) is 15.2 Å². The first kappa shape index (κ1) is 27.5. The van der Waals surface area contributed by atoms with Crippen LogP contribution < -0.4 is 10.9 Å². The van der Waals surface area contributed by atoms with Gasteiger partial charge in [0, 0.05) is 24.0 Å². The first-order chi connectivity index (χ1) is 16.1. The van der Waals surface area contributed by atoms with E-state index in [-0.39, 0.29) is 37.1 Å². The Kier molecular flexibility index (Phi) is 7.95. The molecule has 0 bridgehead atoms. The lowest BCUT2D eigenvalue weighted by atomic mass is 9.86. The van der Waals surface area contributed by atoms with Crippen LogP contribution in [-0.4, -0.2) is 24.0 Å². The molecule has 190 valence electrons. The van der Waals surface area contributed by atoms with Crippen molar-refractivity contribution in [3.05, 3.63) is 61.5 Å². The zero-order valence-electron chi connectivity index (χ0n) is 17.1. The first-order valence-corrected chi connectivity index (χ1v) is 11.0. The minimum Gasteiger partial charge on any atom is -0.374 e. The van der Waals surface area contributed by atoms with Crippen molar-refractivity contribution in [2.75, 3.05) is 5.43 Å². The molecule has 0 aliphatic carbocycles. The molecule has 3 rings (SSSR count). The highest BCUT2D eigenvalue weighted by atomic mass is 35.5. The van der Waals surface area contributed by atoms with Crippen LogP contribution in [0.5, 0.6) is 0 Å². The molecule has 2 aromatic rings. The van der Waals surface area contributed by atoms with Gasteiger partial charge in [-0.3, -0.25) is 15.6 Å². The van der Waals surface area contributed by atoms with Crippen molar-refractivity contribution >= 4 is 63.7 Å². The quantitative estimate of drug-likeness (QED) is 0.209. The molecule has 1 aliphatic rings. The van der Waals surface area contributed by atoms with Gasteiger partial charge in [-0.15, -0.1) is 0 Å². The van der Waals surface area contributed by atoms with Gasteiger partial charge in [0.1, 0.15) is 0 Å². The van der Waals surface area contributed by atoms with E-state index >= 15 is 0 Å². The highest BCUT2D eigenvalue weighted by molar-refractivity contribution is 6.48. The molecule has 2 aromatic carbocycles. The predicted molar refractivity (Wildman–Crippen MR) is 120 cm³/mol. The number of hydrogen-bond donors (Lipinski definition) is 2. The summed E-state index contributed by atoms with van der Waals surface area (Å²) in [6.07, 6.45) is -12.4. The van der Waals surface area contributed by atoms with Crippen molar-refractivity contribution in [1.82, 2.24) is 5.43 Å². The third-order valence-electron chi connectivity index (χ3n) is 4.91. The third kappa shape index (κ3) is 6.19. The van der Waals surface area contributed by atoms with E-state index in [4.69, 9.17) is 51.2 Å². The lowest BCUT2D eigenvalue weighted by Crippen LogP contribution is -2.42. The highest BCUT2D eigenvalue weighted by Crippen LogP contribution is 2.50.